The summed E-state index contributed by atoms with van der Waals surface area (Å²) in [6, 6.07) is 21.2. The Balaban J connectivity index is 1.88. The summed E-state index contributed by atoms with van der Waals surface area (Å²) < 4.78 is 0. The van der Waals surface area contributed by atoms with E-state index in [0.29, 0.717) is 11.3 Å². The summed E-state index contributed by atoms with van der Waals surface area (Å²) in [6.07, 6.45) is 1.37. The van der Waals surface area contributed by atoms with Crippen LogP contribution in [0.2, 0.25) is 0 Å². The molecular weight excluding hydrogens is 388 g/mol. The largest absolute Gasteiger partial charge is 0.294 e. The first-order valence-corrected chi connectivity index (χ1v) is 8.71. The summed E-state index contributed by atoms with van der Waals surface area (Å²) in [7, 11) is 0. The zero-order valence-corrected chi connectivity index (χ0v) is 15.5. The lowest BCUT2D eigenvalue weighted by molar-refractivity contribution is -0.384. The molecule has 0 aliphatic carbocycles. The maximum atomic E-state index is 11.2. The first-order valence-electron chi connectivity index (χ1n) is 8.71. The van der Waals surface area contributed by atoms with Crippen LogP contribution in [0.4, 0.5) is 22.7 Å². The van der Waals surface area contributed by atoms with Crippen molar-refractivity contribution in [1.29, 1.82) is 0 Å². The number of benzene rings is 3. The van der Waals surface area contributed by atoms with Crippen LogP contribution >= 0.6 is 0 Å². The van der Waals surface area contributed by atoms with E-state index in [1.807, 2.05) is 6.07 Å². The molecule has 0 unspecified atom stereocenters. The van der Waals surface area contributed by atoms with Crippen LogP contribution in [-0.2, 0) is 0 Å². The molecule has 3 rings (SSSR count). The highest BCUT2D eigenvalue weighted by Gasteiger charge is 2.13. The summed E-state index contributed by atoms with van der Waals surface area (Å²) in [4.78, 5) is 21.3. The molecule has 30 heavy (non-hydrogen) atoms. The second kappa shape index (κ2) is 9.55. The molecule has 150 valence electrons. The Bertz CT molecular complexity index is 1120. The fourth-order valence-electron chi connectivity index (χ4n) is 2.52. The molecule has 0 saturated heterocycles. The van der Waals surface area contributed by atoms with Gasteiger partial charge in [0.1, 0.15) is 17.1 Å². The summed E-state index contributed by atoms with van der Waals surface area (Å²) in [5.74, 6) is 0. The fourth-order valence-corrected chi connectivity index (χ4v) is 2.52. The molecule has 0 aliphatic heterocycles. The van der Waals surface area contributed by atoms with Crippen molar-refractivity contribution in [2.75, 3.05) is 10.9 Å². The Kier molecular flexibility index (Phi) is 6.41. The van der Waals surface area contributed by atoms with Crippen LogP contribution in [0.15, 0.2) is 89.1 Å². The zero-order valence-electron chi connectivity index (χ0n) is 15.5. The van der Waals surface area contributed by atoms with Gasteiger partial charge in [-0.05, 0) is 12.1 Å². The van der Waals surface area contributed by atoms with E-state index in [2.05, 4.69) is 21.1 Å². The van der Waals surface area contributed by atoms with Crippen molar-refractivity contribution in [3.8, 4) is 0 Å². The predicted molar refractivity (Wildman–Crippen MR) is 115 cm³/mol. The van der Waals surface area contributed by atoms with Crippen LogP contribution in [-0.4, -0.2) is 21.8 Å². The summed E-state index contributed by atoms with van der Waals surface area (Å²) >= 11 is 0. The number of nitrogens with one attached hydrogen (secondary N) is 2. The van der Waals surface area contributed by atoms with Gasteiger partial charge in [-0.1, -0.05) is 54.6 Å². The van der Waals surface area contributed by atoms with E-state index in [4.69, 9.17) is 0 Å². The number of para-hydroxylation sites is 4. The average molecular weight is 404 g/mol. The number of nitro benzene ring substituents is 2. The first kappa shape index (κ1) is 20.1. The van der Waals surface area contributed by atoms with Crippen LogP contribution in [0.5, 0.6) is 0 Å². The lowest BCUT2D eigenvalue weighted by atomic mass is 10.1. The maximum Gasteiger partial charge on any atom is 0.294 e. The highest BCUT2D eigenvalue weighted by Crippen LogP contribution is 2.24. The normalized spacial score (nSPS) is 11.3. The van der Waals surface area contributed by atoms with E-state index in [-0.39, 0.29) is 22.7 Å². The number of rotatable bonds is 8. The molecule has 0 radical (unpaired) electrons. The van der Waals surface area contributed by atoms with Crippen LogP contribution in [0.25, 0.3) is 0 Å². The molecule has 0 saturated carbocycles. The van der Waals surface area contributed by atoms with Gasteiger partial charge in [0.25, 0.3) is 11.4 Å². The molecule has 0 aliphatic rings. The van der Waals surface area contributed by atoms with E-state index in [1.54, 1.807) is 48.5 Å². The van der Waals surface area contributed by atoms with Gasteiger partial charge in [0.2, 0.25) is 0 Å². The third-order valence-corrected chi connectivity index (χ3v) is 3.94. The predicted octanol–water partition coefficient (Wildman–Crippen LogP) is 4.42. The Labute approximate surface area is 170 Å². The average Bonchev–Trinajstić information content (AvgIpc) is 2.77. The monoisotopic (exact) mass is 404 g/mol. The molecule has 0 fully saturated rings. The third kappa shape index (κ3) is 5.01. The third-order valence-electron chi connectivity index (χ3n) is 3.94. The fraction of sp³-hybridized carbons (Fsp3) is 0. The minimum atomic E-state index is -0.514. The number of hydrazone groups is 2. The Morgan fingerprint density at radius 3 is 1.80 bits per heavy atom. The van der Waals surface area contributed by atoms with E-state index in [1.165, 1.54) is 30.5 Å². The van der Waals surface area contributed by atoms with Gasteiger partial charge in [0.15, 0.2) is 0 Å². The Morgan fingerprint density at radius 1 is 0.733 bits per heavy atom. The smallest absolute Gasteiger partial charge is 0.272 e. The number of anilines is 2. The van der Waals surface area contributed by atoms with Gasteiger partial charge in [0.05, 0.1) is 16.1 Å². The number of nitrogens with zero attached hydrogens (tertiary/aromatic N) is 4. The van der Waals surface area contributed by atoms with Crippen molar-refractivity contribution < 1.29 is 9.85 Å². The van der Waals surface area contributed by atoms with Gasteiger partial charge in [-0.3, -0.25) is 31.1 Å². The van der Waals surface area contributed by atoms with Gasteiger partial charge in [-0.2, -0.15) is 10.2 Å². The molecule has 3 aromatic carbocycles. The molecule has 0 atom stereocenters. The molecule has 0 bridgehead atoms. The van der Waals surface area contributed by atoms with Crippen molar-refractivity contribution >= 4 is 34.7 Å². The topological polar surface area (TPSA) is 135 Å². The quantitative estimate of drug-likeness (QED) is 0.324. The molecule has 10 nitrogen and oxygen atoms in total. The van der Waals surface area contributed by atoms with E-state index >= 15 is 0 Å². The molecular formula is C20H16N6O4. The van der Waals surface area contributed by atoms with Gasteiger partial charge in [0, 0.05) is 17.7 Å². The number of hydrogen-bond donors (Lipinski definition) is 2. The van der Waals surface area contributed by atoms with Crippen LogP contribution in [0.3, 0.4) is 0 Å². The Hall–Kier alpha value is -4.60. The van der Waals surface area contributed by atoms with Crippen molar-refractivity contribution in [2.45, 2.75) is 0 Å². The maximum absolute atomic E-state index is 11.2. The second-order valence-electron chi connectivity index (χ2n) is 5.89. The highest BCUT2D eigenvalue weighted by atomic mass is 16.6. The Morgan fingerprint density at radius 2 is 1.23 bits per heavy atom. The molecule has 0 heterocycles. The van der Waals surface area contributed by atoms with E-state index < -0.39 is 9.85 Å². The molecule has 0 spiro atoms. The van der Waals surface area contributed by atoms with Crippen molar-refractivity contribution in [1.82, 2.24) is 0 Å². The van der Waals surface area contributed by atoms with Crippen LogP contribution < -0.4 is 10.9 Å². The molecule has 3 aromatic rings. The van der Waals surface area contributed by atoms with Crippen molar-refractivity contribution in [3.05, 3.63) is 105 Å². The molecule has 0 amide bonds. The van der Waals surface area contributed by atoms with E-state index in [0.717, 1.165) is 0 Å². The van der Waals surface area contributed by atoms with Gasteiger partial charge >= 0.3 is 0 Å². The second-order valence-corrected chi connectivity index (χ2v) is 5.89. The summed E-state index contributed by atoms with van der Waals surface area (Å²) in [5, 5.41) is 30.6. The van der Waals surface area contributed by atoms with Crippen LogP contribution in [0.1, 0.15) is 5.56 Å². The van der Waals surface area contributed by atoms with Gasteiger partial charge in [-0.15, -0.1) is 0 Å². The highest BCUT2D eigenvalue weighted by molar-refractivity contribution is 6.38. The van der Waals surface area contributed by atoms with Gasteiger partial charge < -0.3 is 0 Å². The lowest BCUT2D eigenvalue weighted by Crippen LogP contribution is -2.08. The molecule has 2 N–H and O–H groups in total. The number of nitro groups is 2. The number of hydrogen-bond acceptors (Lipinski definition) is 8. The standard InChI is InChI=1S/C20H16N6O4/c27-25(28)19-12-6-4-10-16(19)22-21-14-18(15-8-2-1-3-9-15)24-23-17-11-5-7-13-20(17)26(29)30/h1-14,22-23H. The van der Waals surface area contributed by atoms with Crippen molar-refractivity contribution in [3.63, 3.8) is 0 Å². The zero-order chi connectivity index (χ0) is 21.3. The van der Waals surface area contributed by atoms with Crippen molar-refractivity contribution in [2.24, 2.45) is 10.2 Å². The molecule has 0 aromatic heterocycles. The summed E-state index contributed by atoms with van der Waals surface area (Å²) in [6.45, 7) is 0. The summed E-state index contributed by atoms with van der Waals surface area (Å²) in [5.41, 5.74) is 6.57. The van der Waals surface area contributed by atoms with Crippen LogP contribution in [0, 0.1) is 20.2 Å². The molecule has 10 heteroatoms. The van der Waals surface area contributed by atoms with E-state index in [9.17, 15) is 20.2 Å². The SMILES string of the molecule is O=[N+]([O-])c1ccccc1NN=CC(=NNc1ccccc1[N+](=O)[O-])c1ccccc1. The minimum absolute atomic E-state index is 0.120. The first-order chi connectivity index (χ1) is 14.6. The van der Waals surface area contributed by atoms with Gasteiger partial charge in [-0.25, -0.2) is 0 Å². The lowest BCUT2D eigenvalue weighted by Gasteiger charge is -2.05. The minimum Gasteiger partial charge on any atom is -0.272 e.